The van der Waals surface area contributed by atoms with Gasteiger partial charge in [-0.05, 0) is 13.2 Å². The van der Waals surface area contributed by atoms with Gasteiger partial charge in [0.05, 0.1) is 12.1 Å². The summed E-state index contributed by atoms with van der Waals surface area (Å²) in [4.78, 5) is 17.4. The fourth-order valence-corrected chi connectivity index (χ4v) is 1.34. The summed E-state index contributed by atoms with van der Waals surface area (Å²) in [5, 5.41) is 9.28. The first kappa shape index (κ1) is 9.12. The largest absolute Gasteiger partial charge is 0.481 e. The SMILES string of the molecule is CSc1nc(CC(=O)O)c(C)[nH]1. The first-order valence-corrected chi connectivity index (χ1v) is 4.67. The zero-order valence-electron chi connectivity index (χ0n) is 6.92. The first-order valence-electron chi connectivity index (χ1n) is 3.44. The van der Waals surface area contributed by atoms with Crippen molar-refractivity contribution in [3.8, 4) is 0 Å². The molecule has 0 amide bonds. The van der Waals surface area contributed by atoms with Gasteiger partial charge in [-0.3, -0.25) is 4.79 Å². The van der Waals surface area contributed by atoms with Crippen LogP contribution >= 0.6 is 11.8 Å². The Morgan fingerprint density at radius 2 is 2.42 bits per heavy atom. The number of nitrogens with zero attached hydrogens (tertiary/aromatic N) is 1. The molecule has 1 aromatic rings. The van der Waals surface area contributed by atoms with Gasteiger partial charge in [0.2, 0.25) is 0 Å². The second-order valence-electron chi connectivity index (χ2n) is 2.39. The molecule has 1 rings (SSSR count). The van der Waals surface area contributed by atoms with Crippen molar-refractivity contribution >= 4 is 17.7 Å². The molecule has 4 nitrogen and oxygen atoms in total. The van der Waals surface area contributed by atoms with E-state index in [4.69, 9.17) is 5.11 Å². The molecule has 0 bridgehead atoms. The summed E-state index contributed by atoms with van der Waals surface area (Å²) in [6.07, 6.45) is 1.88. The molecule has 0 saturated carbocycles. The van der Waals surface area contributed by atoms with E-state index in [2.05, 4.69) is 9.97 Å². The third kappa shape index (κ3) is 2.01. The Bertz CT molecular complexity index is 296. The van der Waals surface area contributed by atoms with E-state index in [1.165, 1.54) is 11.8 Å². The summed E-state index contributed by atoms with van der Waals surface area (Å²) < 4.78 is 0. The molecule has 0 atom stereocenters. The van der Waals surface area contributed by atoms with Crippen LogP contribution in [0.2, 0.25) is 0 Å². The lowest BCUT2D eigenvalue weighted by molar-refractivity contribution is -0.136. The van der Waals surface area contributed by atoms with Gasteiger partial charge in [0.15, 0.2) is 5.16 Å². The summed E-state index contributed by atoms with van der Waals surface area (Å²) in [7, 11) is 0. The number of imidazole rings is 1. The van der Waals surface area contributed by atoms with Crippen molar-refractivity contribution in [1.82, 2.24) is 9.97 Å². The normalized spacial score (nSPS) is 10.2. The van der Waals surface area contributed by atoms with Gasteiger partial charge < -0.3 is 10.1 Å². The standard InChI is InChI=1S/C7H10N2O2S/c1-4-5(3-6(10)11)9-7(8-4)12-2/h3H2,1-2H3,(H,8,9)(H,10,11). The number of hydrogen-bond acceptors (Lipinski definition) is 3. The molecular formula is C7H10N2O2S. The van der Waals surface area contributed by atoms with E-state index in [0.717, 1.165) is 10.9 Å². The van der Waals surface area contributed by atoms with Crippen LogP contribution < -0.4 is 0 Å². The lowest BCUT2D eigenvalue weighted by Crippen LogP contribution is -2.01. The molecule has 66 valence electrons. The molecular weight excluding hydrogens is 176 g/mol. The quantitative estimate of drug-likeness (QED) is 0.693. The number of carboxylic acid groups (broad SMARTS) is 1. The average molecular weight is 186 g/mol. The average Bonchev–Trinajstić information content (AvgIpc) is 2.31. The van der Waals surface area contributed by atoms with Gasteiger partial charge in [-0.15, -0.1) is 0 Å². The highest BCUT2D eigenvalue weighted by molar-refractivity contribution is 7.98. The van der Waals surface area contributed by atoms with E-state index in [1.54, 1.807) is 0 Å². The molecule has 1 heterocycles. The molecule has 0 aliphatic carbocycles. The van der Waals surface area contributed by atoms with E-state index in [0.29, 0.717) is 5.69 Å². The van der Waals surface area contributed by atoms with Crippen molar-refractivity contribution in [1.29, 1.82) is 0 Å². The Balaban J connectivity index is 2.84. The minimum absolute atomic E-state index is 0.0110. The molecule has 0 unspecified atom stereocenters. The molecule has 0 aromatic carbocycles. The fraction of sp³-hybridized carbons (Fsp3) is 0.429. The predicted octanol–water partition coefficient (Wildman–Crippen LogP) is 1.07. The highest BCUT2D eigenvalue weighted by Gasteiger charge is 2.08. The van der Waals surface area contributed by atoms with Gasteiger partial charge in [0.25, 0.3) is 0 Å². The van der Waals surface area contributed by atoms with Crippen LogP contribution in [0, 0.1) is 6.92 Å². The van der Waals surface area contributed by atoms with Crippen LogP contribution in [0.5, 0.6) is 0 Å². The Labute approximate surface area is 74.4 Å². The van der Waals surface area contributed by atoms with Crippen molar-refractivity contribution in [2.75, 3.05) is 6.26 Å². The lowest BCUT2D eigenvalue weighted by atomic mass is 10.3. The minimum Gasteiger partial charge on any atom is -0.481 e. The van der Waals surface area contributed by atoms with Crippen LogP contribution in [0.15, 0.2) is 5.16 Å². The van der Waals surface area contributed by atoms with Gasteiger partial charge in [-0.1, -0.05) is 11.8 Å². The van der Waals surface area contributed by atoms with Gasteiger partial charge >= 0.3 is 5.97 Å². The predicted molar refractivity (Wildman–Crippen MR) is 46.4 cm³/mol. The molecule has 0 aliphatic heterocycles. The van der Waals surface area contributed by atoms with Gasteiger partial charge in [-0.25, -0.2) is 4.98 Å². The number of carbonyl (C=O) groups is 1. The van der Waals surface area contributed by atoms with Gasteiger partial charge in [0, 0.05) is 5.69 Å². The molecule has 5 heteroatoms. The molecule has 1 aromatic heterocycles. The number of thioether (sulfide) groups is 1. The van der Waals surface area contributed by atoms with E-state index in [9.17, 15) is 4.79 Å². The van der Waals surface area contributed by atoms with E-state index < -0.39 is 5.97 Å². The maximum absolute atomic E-state index is 10.4. The van der Waals surface area contributed by atoms with E-state index in [-0.39, 0.29) is 6.42 Å². The van der Waals surface area contributed by atoms with Crippen LogP contribution in [0.3, 0.4) is 0 Å². The van der Waals surface area contributed by atoms with Crippen LogP contribution in [-0.4, -0.2) is 27.3 Å². The van der Waals surface area contributed by atoms with Gasteiger partial charge in [0.1, 0.15) is 0 Å². The highest BCUT2D eigenvalue weighted by atomic mass is 32.2. The zero-order chi connectivity index (χ0) is 9.14. The number of nitrogens with one attached hydrogen (secondary N) is 1. The van der Waals surface area contributed by atoms with Gasteiger partial charge in [-0.2, -0.15) is 0 Å². The van der Waals surface area contributed by atoms with E-state index >= 15 is 0 Å². The molecule has 0 saturated heterocycles. The van der Waals surface area contributed by atoms with Crippen LogP contribution in [0.4, 0.5) is 0 Å². The van der Waals surface area contributed by atoms with Crippen molar-refractivity contribution < 1.29 is 9.90 Å². The van der Waals surface area contributed by atoms with E-state index in [1.807, 2.05) is 13.2 Å². The number of aryl methyl sites for hydroxylation is 1. The third-order valence-electron chi connectivity index (χ3n) is 1.48. The zero-order valence-corrected chi connectivity index (χ0v) is 7.73. The monoisotopic (exact) mass is 186 g/mol. The number of H-pyrrole nitrogens is 1. The first-order chi connectivity index (χ1) is 5.63. The molecule has 0 aliphatic rings. The third-order valence-corrected chi connectivity index (χ3v) is 2.06. The van der Waals surface area contributed by atoms with Crippen molar-refractivity contribution in [2.24, 2.45) is 0 Å². The number of aromatic nitrogens is 2. The molecule has 0 spiro atoms. The molecule has 0 fully saturated rings. The number of carboxylic acids is 1. The van der Waals surface area contributed by atoms with Crippen molar-refractivity contribution in [3.63, 3.8) is 0 Å². The number of aromatic amines is 1. The summed E-state index contributed by atoms with van der Waals surface area (Å²) in [5.41, 5.74) is 1.45. The second kappa shape index (κ2) is 3.62. The molecule has 0 radical (unpaired) electrons. The smallest absolute Gasteiger partial charge is 0.309 e. The Kier molecular flexibility index (Phi) is 2.75. The summed E-state index contributed by atoms with van der Waals surface area (Å²) in [6.45, 7) is 1.82. The maximum atomic E-state index is 10.4. The van der Waals surface area contributed by atoms with Crippen molar-refractivity contribution in [3.05, 3.63) is 11.4 Å². The Hall–Kier alpha value is -0.970. The lowest BCUT2D eigenvalue weighted by Gasteiger charge is -1.89. The van der Waals surface area contributed by atoms with Crippen LogP contribution in [0.25, 0.3) is 0 Å². The summed E-state index contributed by atoms with van der Waals surface area (Å²) >= 11 is 1.47. The summed E-state index contributed by atoms with van der Waals surface area (Å²) in [5.74, 6) is -0.850. The second-order valence-corrected chi connectivity index (χ2v) is 3.18. The summed E-state index contributed by atoms with van der Waals surface area (Å²) in [6, 6.07) is 0. The molecule has 2 N–H and O–H groups in total. The maximum Gasteiger partial charge on any atom is 0.309 e. The Morgan fingerprint density at radius 1 is 1.75 bits per heavy atom. The van der Waals surface area contributed by atoms with Crippen LogP contribution in [-0.2, 0) is 11.2 Å². The topological polar surface area (TPSA) is 66.0 Å². The Morgan fingerprint density at radius 3 is 2.83 bits per heavy atom. The number of hydrogen-bond donors (Lipinski definition) is 2. The highest BCUT2D eigenvalue weighted by Crippen LogP contribution is 2.13. The fourth-order valence-electron chi connectivity index (χ4n) is 0.879. The van der Waals surface area contributed by atoms with Crippen molar-refractivity contribution in [2.45, 2.75) is 18.5 Å². The number of rotatable bonds is 3. The minimum atomic E-state index is -0.850. The van der Waals surface area contributed by atoms with Crippen LogP contribution in [0.1, 0.15) is 11.4 Å². The number of aliphatic carboxylic acids is 1. The molecule has 12 heavy (non-hydrogen) atoms.